The van der Waals surface area contributed by atoms with Crippen LogP contribution in [-0.2, 0) is 0 Å². The van der Waals surface area contributed by atoms with Crippen LogP contribution < -0.4 is 4.90 Å². The molecule has 0 aliphatic rings. The first kappa shape index (κ1) is 16.8. The standard InChI is InChI=1S/C18H17FN4O2/c1-10(2)23(3)17-15(11-4-6-13(19)7-5-11)22-16-14(21-17)8-12(9-20-16)18(24)25/h4-10H,1-3H3,(H,24,25). The average molecular weight is 340 g/mol. The van der Waals surface area contributed by atoms with Gasteiger partial charge in [0.1, 0.15) is 17.0 Å². The van der Waals surface area contributed by atoms with Crippen LogP contribution in [0.5, 0.6) is 0 Å². The van der Waals surface area contributed by atoms with Crippen LogP contribution in [-0.4, -0.2) is 39.1 Å². The van der Waals surface area contributed by atoms with Gasteiger partial charge in [-0.25, -0.2) is 24.1 Å². The smallest absolute Gasteiger partial charge is 0.337 e. The third-order valence-electron chi connectivity index (χ3n) is 3.98. The van der Waals surface area contributed by atoms with E-state index < -0.39 is 5.97 Å². The van der Waals surface area contributed by atoms with Gasteiger partial charge in [-0.2, -0.15) is 0 Å². The number of carbonyl (C=O) groups is 1. The molecule has 0 atom stereocenters. The van der Waals surface area contributed by atoms with Gasteiger partial charge in [-0.1, -0.05) is 0 Å². The lowest BCUT2D eigenvalue weighted by molar-refractivity contribution is 0.0696. The maximum absolute atomic E-state index is 13.2. The molecular weight excluding hydrogens is 323 g/mol. The quantitative estimate of drug-likeness (QED) is 0.784. The molecule has 0 unspecified atom stereocenters. The van der Waals surface area contributed by atoms with Crippen LogP contribution in [0.15, 0.2) is 36.5 Å². The predicted octanol–water partition coefficient (Wildman–Crippen LogP) is 3.37. The van der Waals surface area contributed by atoms with Crippen LogP contribution in [0.4, 0.5) is 10.2 Å². The summed E-state index contributed by atoms with van der Waals surface area (Å²) < 4.78 is 13.2. The summed E-state index contributed by atoms with van der Waals surface area (Å²) in [4.78, 5) is 26.3. The average Bonchev–Trinajstić information content (AvgIpc) is 2.60. The number of hydrogen-bond donors (Lipinski definition) is 1. The van der Waals surface area contributed by atoms with Gasteiger partial charge in [-0.05, 0) is 44.2 Å². The fourth-order valence-electron chi connectivity index (χ4n) is 2.35. The summed E-state index contributed by atoms with van der Waals surface area (Å²) in [5.74, 6) is -0.823. The Labute approximate surface area is 144 Å². The highest BCUT2D eigenvalue weighted by atomic mass is 19.1. The topological polar surface area (TPSA) is 79.2 Å². The van der Waals surface area contributed by atoms with E-state index in [0.29, 0.717) is 28.2 Å². The first-order valence-corrected chi connectivity index (χ1v) is 7.76. The normalized spacial score (nSPS) is 11.1. The van der Waals surface area contributed by atoms with E-state index >= 15 is 0 Å². The fourth-order valence-corrected chi connectivity index (χ4v) is 2.35. The minimum Gasteiger partial charge on any atom is -0.478 e. The second-order valence-electron chi connectivity index (χ2n) is 5.98. The zero-order valence-corrected chi connectivity index (χ0v) is 14.1. The molecule has 0 spiro atoms. The molecule has 0 bridgehead atoms. The summed E-state index contributed by atoms with van der Waals surface area (Å²) in [6.07, 6.45) is 1.25. The van der Waals surface area contributed by atoms with Crippen LogP contribution in [0.25, 0.3) is 22.4 Å². The zero-order valence-electron chi connectivity index (χ0n) is 14.1. The third-order valence-corrected chi connectivity index (χ3v) is 3.98. The highest BCUT2D eigenvalue weighted by Crippen LogP contribution is 2.30. The van der Waals surface area contributed by atoms with Gasteiger partial charge in [0.2, 0.25) is 0 Å². The lowest BCUT2D eigenvalue weighted by atomic mass is 10.1. The molecule has 2 heterocycles. The number of fused-ring (bicyclic) bond motifs is 1. The summed E-state index contributed by atoms with van der Waals surface area (Å²) in [7, 11) is 1.88. The highest BCUT2D eigenvalue weighted by Gasteiger charge is 2.18. The number of pyridine rings is 1. The van der Waals surface area contributed by atoms with Gasteiger partial charge in [-0.15, -0.1) is 0 Å². The van der Waals surface area contributed by atoms with E-state index in [0.717, 1.165) is 0 Å². The molecule has 0 aliphatic heterocycles. The van der Waals surface area contributed by atoms with Crippen molar-refractivity contribution in [3.8, 4) is 11.3 Å². The molecule has 2 aromatic heterocycles. The minimum absolute atomic E-state index is 0.0504. The summed E-state index contributed by atoms with van der Waals surface area (Å²) in [5.41, 5.74) is 2.06. The van der Waals surface area contributed by atoms with Crippen molar-refractivity contribution in [2.24, 2.45) is 0 Å². The number of anilines is 1. The molecular formula is C18H17FN4O2. The Morgan fingerprint density at radius 1 is 1.20 bits per heavy atom. The van der Waals surface area contributed by atoms with Crippen molar-refractivity contribution >= 4 is 23.0 Å². The number of nitrogens with zero attached hydrogens (tertiary/aromatic N) is 4. The van der Waals surface area contributed by atoms with E-state index in [1.54, 1.807) is 12.1 Å². The molecule has 0 fully saturated rings. The van der Waals surface area contributed by atoms with Gasteiger partial charge in [0.05, 0.1) is 5.56 Å². The molecule has 3 aromatic rings. The zero-order chi connectivity index (χ0) is 18.1. The van der Waals surface area contributed by atoms with Crippen molar-refractivity contribution < 1.29 is 14.3 Å². The van der Waals surface area contributed by atoms with Gasteiger partial charge in [0.25, 0.3) is 0 Å². The molecule has 7 heteroatoms. The van der Waals surface area contributed by atoms with Crippen LogP contribution in [0, 0.1) is 5.82 Å². The van der Waals surface area contributed by atoms with E-state index in [9.17, 15) is 9.18 Å². The second-order valence-corrected chi connectivity index (χ2v) is 5.98. The van der Waals surface area contributed by atoms with E-state index in [1.165, 1.54) is 24.4 Å². The fraction of sp³-hybridized carbons (Fsp3) is 0.222. The largest absolute Gasteiger partial charge is 0.478 e. The summed E-state index contributed by atoms with van der Waals surface area (Å²) >= 11 is 0. The Balaban J connectivity index is 2.26. The predicted molar refractivity (Wildman–Crippen MR) is 93.2 cm³/mol. The minimum atomic E-state index is -1.07. The lowest BCUT2D eigenvalue weighted by Gasteiger charge is -2.25. The van der Waals surface area contributed by atoms with Crippen LogP contribution in [0.2, 0.25) is 0 Å². The Hall–Kier alpha value is -3.09. The molecule has 0 aliphatic carbocycles. The Morgan fingerprint density at radius 3 is 2.48 bits per heavy atom. The molecule has 0 saturated carbocycles. The molecule has 1 aromatic carbocycles. The Kier molecular flexibility index (Phi) is 4.31. The number of rotatable bonds is 4. The monoisotopic (exact) mass is 340 g/mol. The van der Waals surface area contributed by atoms with E-state index in [4.69, 9.17) is 5.11 Å². The first-order chi connectivity index (χ1) is 11.9. The SMILES string of the molecule is CC(C)N(C)c1nc2cc(C(=O)O)cnc2nc1-c1ccc(F)cc1. The number of aromatic nitrogens is 3. The molecule has 0 saturated heterocycles. The molecule has 128 valence electrons. The molecule has 1 N–H and O–H groups in total. The summed E-state index contributed by atoms with van der Waals surface area (Å²) in [6, 6.07) is 7.58. The summed E-state index contributed by atoms with van der Waals surface area (Å²) in [5, 5.41) is 9.14. The van der Waals surface area contributed by atoms with Gasteiger partial charge in [0, 0.05) is 24.8 Å². The Morgan fingerprint density at radius 2 is 1.88 bits per heavy atom. The van der Waals surface area contributed by atoms with E-state index in [-0.39, 0.29) is 17.4 Å². The van der Waals surface area contributed by atoms with E-state index in [1.807, 2.05) is 25.8 Å². The van der Waals surface area contributed by atoms with Gasteiger partial charge >= 0.3 is 5.97 Å². The summed E-state index contributed by atoms with van der Waals surface area (Å²) in [6.45, 7) is 4.01. The molecule has 3 rings (SSSR count). The van der Waals surface area contributed by atoms with Crippen molar-refractivity contribution in [1.82, 2.24) is 15.0 Å². The lowest BCUT2D eigenvalue weighted by Crippen LogP contribution is -2.27. The van der Waals surface area contributed by atoms with Crippen LogP contribution >= 0.6 is 0 Å². The van der Waals surface area contributed by atoms with Crippen molar-refractivity contribution in [2.45, 2.75) is 19.9 Å². The highest BCUT2D eigenvalue weighted by molar-refractivity contribution is 5.91. The van der Waals surface area contributed by atoms with Crippen molar-refractivity contribution in [3.63, 3.8) is 0 Å². The van der Waals surface area contributed by atoms with Gasteiger partial charge in [-0.3, -0.25) is 0 Å². The number of aromatic carboxylic acids is 1. The number of halogens is 1. The Bertz CT molecular complexity index is 942. The number of carboxylic acids is 1. The van der Waals surface area contributed by atoms with Gasteiger partial charge in [0.15, 0.2) is 11.5 Å². The van der Waals surface area contributed by atoms with Crippen LogP contribution in [0.3, 0.4) is 0 Å². The third kappa shape index (κ3) is 3.26. The molecule has 0 radical (unpaired) electrons. The molecule has 25 heavy (non-hydrogen) atoms. The number of hydrogen-bond acceptors (Lipinski definition) is 5. The molecule has 0 amide bonds. The van der Waals surface area contributed by atoms with Crippen molar-refractivity contribution in [3.05, 3.63) is 47.9 Å². The van der Waals surface area contributed by atoms with Crippen molar-refractivity contribution in [1.29, 1.82) is 0 Å². The maximum Gasteiger partial charge on any atom is 0.337 e. The van der Waals surface area contributed by atoms with E-state index in [2.05, 4.69) is 15.0 Å². The number of carboxylic acid groups (broad SMARTS) is 1. The van der Waals surface area contributed by atoms with Crippen LogP contribution in [0.1, 0.15) is 24.2 Å². The molecule has 6 nitrogen and oxygen atoms in total. The first-order valence-electron chi connectivity index (χ1n) is 7.76. The number of benzene rings is 1. The van der Waals surface area contributed by atoms with Gasteiger partial charge < -0.3 is 10.0 Å². The van der Waals surface area contributed by atoms with Crippen molar-refractivity contribution in [2.75, 3.05) is 11.9 Å². The second kappa shape index (κ2) is 6.43. The maximum atomic E-state index is 13.2.